The second kappa shape index (κ2) is 14.3. The zero-order chi connectivity index (χ0) is 49.5. The lowest BCUT2D eigenvalue weighted by Gasteiger charge is -2.30. The van der Waals surface area contributed by atoms with Crippen molar-refractivity contribution in [1.82, 2.24) is 0 Å². The summed E-state index contributed by atoms with van der Waals surface area (Å²) in [4.78, 5) is 2.50. The van der Waals surface area contributed by atoms with Crippen molar-refractivity contribution in [2.24, 2.45) is 0 Å². The molecule has 9 aromatic carbocycles. The second-order valence-corrected chi connectivity index (χ2v) is 23.9. The number of fused-ring (bicyclic) bond motifs is 17. The molecule has 14 rings (SSSR count). The molecule has 0 N–H and O–H groups in total. The van der Waals surface area contributed by atoms with Crippen molar-refractivity contribution in [3.05, 3.63) is 208 Å². The fraction of sp³-hybridized carbons (Fsp3) is 0.217. The van der Waals surface area contributed by atoms with Crippen LogP contribution in [0.25, 0.3) is 88.4 Å². The Morgan fingerprint density at radius 2 is 0.903 bits per heavy atom. The van der Waals surface area contributed by atoms with Crippen molar-refractivity contribution in [3.8, 4) is 44.5 Å². The lowest BCUT2D eigenvalue weighted by molar-refractivity contribution is 0.590. The Balaban J connectivity index is 0.939. The molecule has 3 heteroatoms. The number of furan rings is 2. The highest BCUT2D eigenvalue weighted by Gasteiger charge is 2.44. The van der Waals surface area contributed by atoms with E-state index in [1.807, 2.05) is 0 Å². The first-order chi connectivity index (χ1) is 34.4. The Labute approximate surface area is 422 Å². The average molecular weight is 934 g/mol. The Kier molecular flexibility index (Phi) is 8.57. The molecule has 0 radical (unpaired) electrons. The third kappa shape index (κ3) is 5.80. The summed E-state index contributed by atoms with van der Waals surface area (Å²) >= 11 is 0. The fourth-order valence-corrected chi connectivity index (χ4v) is 13.5. The maximum atomic E-state index is 6.88. The number of aryl methyl sites for hydroxylation is 2. The molecular formula is C69H59NO2. The van der Waals surface area contributed by atoms with Gasteiger partial charge in [0.2, 0.25) is 0 Å². The van der Waals surface area contributed by atoms with E-state index in [9.17, 15) is 0 Å². The van der Waals surface area contributed by atoms with Gasteiger partial charge in [-0.15, -0.1) is 0 Å². The van der Waals surface area contributed by atoms with Gasteiger partial charge < -0.3 is 13.7 Å². The van der Waals surface area contributed by atoms with Gasteiger partial charge in [0.15, 0.2) is 0 Å². The SMILES string of the molecule is Cc1cc(C)cc(-c2cc3c(c4c2oc2ccccc24)-c2ccc(N(c4ccc(C(C)(C)C)cc4)c4ccc5c(c4)C(C)(C)c4cc6c(cc4-5)C(C)(C)c4ccc5oc7ccccc7c5c4-6)cc2C3(C)C)c1. The molecule has 0 saturated heterocycles. The van der Waals surface area contributed by atoms with Crippen LogP contribution in [0.15, 0.2) is 167 Å². The Morgan fingerprint density at radius 1 is 0.389 bits per heavy atom. The minimum absolute atomic E-state index is 0.0283. The van der Waals surface area contributed by atoms with Crippen molar-refractivity contribution >= 4 is 60.9 Å². The van der Waals surface area contributed by atoms with Crippen molar-refractivity contribution < 1.29 is 8.83 Å². The van der Waals surface area contributed by atoms with E-state index in [1.54, 1.807) is 0 Å². The molecule has 0 atom stereocenters. The Morgan fingerprint density at radius 3 is 1.58 bits per heavy atom. The molecule has 0 spiro atoms. The summed E-state index contributed by atoms with van der Waals surface area (Å²) in [5.74, 6) is 0. The van der Waals surface area contributed by atoms with Gasteiger partial charge in [-0.25, -0.2) is 0 Å². The van der Waals surface area contributed by atoms with E-state index in [-0.39, 0.29) is 21.7 Å². The monoisotopic (exact) mass is 933 g/mol. The highest BCUT2D eigenvalue weighted by Crippen LogP contribution is 2.60. The number of hydrogen-bond acceptors (Lipinski definition) is 3. The molecule has 72 heavy (non-hydrogen) atoms. The molecule has 3 nitrogen and oxygen atoms in total. The van der Waals surface area contributed by atoms with Gasteiger partial charge in [-0.05, 0) is 170 Å². The molecule has 0 bridgehead atoms. The molecule has 0 unspecified atom stereocenters. The zero-order valence-electron chi connectivity index (χ0n) is 43.3. The molecular weight excluding hydrogens is 875 g/mol. The summed E-state index contributed by atoms with van der Waals surface area (Å²) < 4.78 is 13.4. The number of rotatable bonds is 4. The molecule has 3 aliphatic rings. The third-order valence-corrected chi connectivity index (χ3v) is 17.3. The van der Waals surface area contributed by atoms with Gasteiger partial charge in [-0.3, -0.25) is 0 Å². The number of anilines is 3. The number of benzene rings is 9. The number of para-hydroxylation sites is 2. The van der Waals surface area contributed by atoms with E-state index in [1.165, 1.54) is 105 Å². The predicted molar refractivity (Wildman–Crippen MR) is 302 cm³/mol. The van der Waals surface area contributed by atoms with Crippen molar-refractivity contribution in [2.75, 3.05) is 4.90 Å². The van der Waals surface area contributed by atoms with Crippen LogP contribution in [0, 0.1) is 13.8 Å². The molecule has 11 aromatic rings. The van der Waals surface area contributed by atoms with Gasteiger partial charge >= 0.3 is 0 Å². The minimum atomic E-state index is -0.300. The molecule has 352 valence electrons. The molecule has 0 fully saturated rings. The first-order valence-electron chi connectivity index (χ1n) is 25.8. The van der Waals surface area contributed by atoms with Crippen LogP contribution in [0.4, 0.5) is 17.1 Å². The molecule has 0 saturated carbocycles. The van der Waals surface area contributed by atoms with Gasteiger partial charge in [0, 0.05) is 60.4 Å². The summed E-state index contributed by atoms with van der Waals surface area (Å²) in [5, 5.41) is 4.77. The van der Waals surface area contributed by atoms with Crippen molar-refractivity contribution in [1.29, 1.82) is 0 Å². The summed E-state index contributed by atoms with van der Waals surface area (Å²) in [6, 6.07) is 59.7. The van der Waals surface area contributed by atoms with Gasteiger partial charge in [0.05, 0.1) is 0 Å². The van der Waals surface area contributed by atoms with Crippen molar-refractivity contribution in [3.63, 3.8) is 0 Å². The van der Waals surface area contributed by atoms with Crippen LogP contribution in [0.1, 0.15) is 112 Å². The molecule has 3 aliphatic carbocycles. The largest absolute Gasteiger partial charge is 0.456 e. The Bertz CT molecular complexity index is 4160. The van der Waals surface area contributed by atoms with Crippen LogP contribution in [-0.4, -0.2) is 0 Å². The summed E-state index contributed by atoms with van der Waals surface area (Å²) in [7, 11) is 0. The van der Waals surface area contributed by atoms with Crippen LogP contribution in [0.2, 0.25) is 0 Å². The van der Waals surface area contributed by atoms with E-state index in [2.05, 4.69) is 239 Å². The highest BCUT2D eigenvalue weighted by molar-refractivity contribution is 6.19. The van der Waals surface area contributed by atoms with Crippen LogP contribution < -0.4 is 4.90 Å². The van der Waals surface area contributed by atoms with E-state index in [0.29, 0.717) is 0 Å². The third-order valence-electron chi connectivity index (χ3n) is 17.3. The van der Waals surface area contributed by atoms with E-state index in [0.717, 1.165) is 50.3 Å². The van der Waals surface area contributed by atoms with Gasteiger partial charge in [0.25, 0.3) is 0 Å². The Hall–Kier alpha value is -7.62. The lowest BCUT2D eigenvalue weighted by atomic mass is 9.79. The molecule has 0 aliphatic heterocycles. The first kappa shape index (κ1) is 43.2. The topological polar surface area (TPSA) is 29.5 Å². The zero-order valence-corrected chi connectivity index (χ0v) is 43.3. The maximum absolute atomic E-state index is 6.88. The molecule has 2 aromatic heterocycles. The average Bonchev–Trinajstić information content (AvgIpc) is 4.09. The quantitative estimate of drug-likeness (QED) is 0.176. The second-order valence-electron chi connectivity index (χ2n) is 23.9. The van der Waals surface area contributed by atoms with E-state index >= 15 is 0 Å². The predicted octanol–water partition coefficient (Wildman–Crippen LogP) is 19.5. The minimum Gasteiger partial charge on any atom is -0.456 e. The van der Waals surface area contributed by atoms with Gasteiger partial charge in [-0.1, -0.05) is 158 Å². The van der Waals surface area contributed by atoms with Crippen molar-refractivity contribution in [2.45, 2.75) is 97.8 Å². The number of nitrogens with zero attached hydrogens (tertiary/aromatic N) is 1. The van der Waals surface area contributed by atoms with E-state index in [4.69, 9.17) is 8.83 Å². The normalized spacial score (nSPS) is 15.5. The van der Waals surface area contributed by atoms with Gasteiger partial charge in [0.1, 0.15) is 22.3 Å². The standard InChI is InChI=1S/C69H59NO2/c1-38-30-39(2)32-40(31-38)49-35-57-61(64-48-17-13-15-19-59(48)72-65(49)64)46-27-25-44(34-54(46)69(57,10)11)70(42-22-20-41(21-23-42)66(3,4)5)43-24-26-45-50-36-56-51(37-55(50)68(8,9)53(45)33-43)62-52(67(56,6)7)28-29-60-63(62)47-16-12-14-18-58(47)71-60/h12-37H,1-11H3. The number of hydrogen-bond donors (Lipinski definition) is 0. The summed E-state index contributed by atoms with van der Waals surface area (Å²) in [6.07, 6.45) is 0. The smallest absolute Gasteiger partial charge is 0.143 e. The highest BCUT2D eigenvalue weighted by atomic mass is 16.3. The molecule has 2 heterocycles. The summed E-state index contributed by atoms with van der Waals surface area (Å²) in [6.45, 7) is 25.7. The van der Waals surface area contributed by atoms with Crippen LogP contribution in [-0.2, 0) is 21.7 Å². The van der Waals surface area contributed by atoms with E-state index < -0.39 is 0 Å². The van der Waals surface area contributed by atoms with Gasteiger partial charge in [-0.2, -0.15) is 0 Å². The van der Waals surface area contributed by atoms with Crippen LogP contribution in [0.3, 0.4) is 0 Å². The summed E-state index contributed by atoms with van der Waals surface area (Å²) in [5.41, 5.74) is 28.6. The van der Waals surface area contributed by atoms with Crippen LogP contribution >= 0.6 is 0 Å². The van der Waals surface area contributed by atoms with Crippen LogP contribution in [0.5, 0.6) is 0 Å². The lowest BCUT2D eigenvalue weighted by Crippen LogP contribution is -2.18. The molecule has 0 amide bonds. The first-order valence-corrected chi connectivity index (χ1v) is 25.8. The fourth-order valence-electron chi connectivity index (χ4n) is 13.5. The maximum Gasteiger partial charge on any atom is 0.143 e.